The number of amides is 2. The molecule has 2 aromatic rings. The third-order valence-electron chi connectivity index (χ3n) is 7.78. The van der Waals surface area contributed by atoms with Gasteiger partial charge in [0.2, 0.25) is 5.91 Å². The van der Waals surface area contributed by atoms with Gasteiger partial charge in [-0.25, -0.2) is 9.59 Å². The fourth-order valence-electron chi connectivity index (χ4n) is 5.79. The quantitative estimate of drug-likeness (QED) is 0.672. The van der Waals surface area contributed by atoms with Crippen molar-refractivity contribution in [3.8, 4) is 11.1 Å². The van der Waals surface area contributed by atoms with E-state index in [1.54, 1.807) is 0 Å². The maximum atomic E-state index is 13.0. The molecule has 2 aliphatic carbocycles. The average molecular weight is 463 g/mol. The summed E-state index contributed by atoms with van der Waals surface area (Å²) >= 11 is 0. The third-order valence-corrected chi connectivity index (χ3v) is 7.78. The highest BCUT2D eigenvalue weighted by Gasteiger charge is 2.45. The molecule has 7 nitrogen and oxygen atoms in total. The first-order chi connectivity index (χ1) is 16.4. The minimum Gasteiger partial charge on any atom is -0.480 e. The summed E-state index contributed by atoms with van der Waals surface area (Å²) in [5.74, 6) is -1.28. The number of benzene rings is 2. The highest BCUT2D eigenvalue weighted by Crippen LogP contribution is 2.44. The number of fused-ring (bicyclic) bond motifs is 3. The summed E-state index contributed by atoms with van der Waals surface area (Å²) in [6.45, 7) is 2.52. The zero-order chi connectivity index (χ0) is 23.9. The Morgan fingerprint density at radius 1 is 1.06 bits per heavy atom. The first-order valence-corrected chi connectivity index (χ1v) is 12.0. The zero-order valence-corrected chi connectivity index (χ0v) is 19.3. The molecule has 2 aromatic carbocycles. The highest BCUT2D eigenvalue weighted by molar-refractivity contribution is 5.86. The van der Waals surface area contributed by atoms with Crippen LogP contribution in [0.2, 0.25) is 0 Å². The van der Waals surface area contributed by atoms with Crippen molar-refractivity contribution in [2.75, 3.05) is 13.2 Å². The number of alkyl carbamates (subject to hydrolysis) is 1. The lowest BCUT2D eigenvalue weighted by Gasteiger charge is -2.42. The molecule has 2 atom stereocenters. The molecule has 0 aromatic heterocycles. The molecule has 5 rings (SSSR count). The Hall–Kier alpha value is -3.35. The summed E-state index contributed by atoms with van der Waals surface area (Å²) in [5, 5.41) is 12.5. The van der Waals surface area contributed by atoms with Crippen molar-refractivity contribution in [3.63, 3.8) is 0 Å². The van der Waals surface area contributed by atoms with E-state index < -0.39 is 23.6 Å². The molecule has 2 amide bonds. The summed E-state index contributed by atoms with van der Waals surface area (Å²) in [5.41, 5.74) is 3.97. The molecule has 3 aliphatic rings. The summed E-state index contributed by atoms with van der Waals surface area (Å²) in [6.07, 6.45) is 2.53. The SMILES string of the molecule is CC1CCN(C(=O)CC2(NC(=O)OCC3c4ccccc4-c4ccccc43)CCC2)C1C(=O)O. The first kappa shape index (κ1) is 22.4. The summed E-state index contributed by atoms with van der Waals surface area (Å²) in [6, 6.07) is 15.6. The summed E-state index contributed by atoms with van der Waals surface area (Å²) < 4.78 is 5.69. The smallest absolute Gasteiger partial charge is 0.407 e. The Bertz CT molecular complexity index is 1080. The average Bonchev–Trinajstić information content (AvgIpc) is 3.34. The second kappa shape index (κ2) is 8.78. The summed E-state index contributed by atoms with van der Waals surface area (Å²) in [4.78, 5) is 38.9. The second-order valence-electron chi connectivity index (χ2n) is 9.90. The van der Waals surface area contributed by atoms with Crippen molar-refractivity contribution >= 4 is 18.0 Å². The van der Waals surface area contributed by atoms with Gasteiger partial charge in [-0.2, -0.15) is 0 Å². The van der Waals surface area contributed by atoms with Gasteiger partial charge in [0.15, 0.2) is 0 Å². The lowest BCUT2D eigenvalue weighted by atomic mass is 9.74. The van der Waals surface area contributed by atoms with E-state index >= 15 is 0 Å². The number of nitrogens with one attached hydrogen (secondary N) is 1. The number of aliphatic carboxylic acids is 1. The van der Waals surface area contributed by atoms with Crippen LogP contribution >= 0.6 is 0 Å². The predicted octanol–water partition coefficient (Wildman–Crippen LogP) is 4.16. The van der Waals surface area contributed by atoms with Crippen LogP contribution in [0.15, 0.2) is 48.5 Å². The van der Waals surface area contributed by atoms with Crippen LogP contribution in [-0.4, -0.2) is 52.7 Å². The topological polar surface area (TPSA) is 95.9 Å². The van der Waals surface area contributed by atoms with E-state index in [0.717, 1.165) is 17.5 Å². The molecule has 178 valence electrons. The standard InChI is InChI=1S/C27H30N2O5/c1-17-11-14-29(24(17)25(31)32)23(30)15-27(12-6-13-27)28-26(33)34-16-22-20-9-4-2-7-18(20)19-8-3-5-10-21(19)22/h2-5,7-10,17,22,24H,6,11-16H2,1H3,(H,28,33)(H,31,32). The molecule has 0 spiro atoms. The summed E-state index contributed by atoms with van der Waals surface area (Å²) in [7, 11) is 0. The molecule has 7 heteroatoms. The van der Waals surface area contributed by atoms with Crippen LogP contribution in [0, 0.1) is 5.92 Å². The predicted molar refractivity (Wildman–Crippen MR) is 126 cm³/mol. The lowest BCUT2D eigenvalue weighted by molar-refractivity contribution is -0.150. The molecular formula is C27H30N2O5. The number of hydrogen-bond acceptors (Lipinski definition) is 4. The molecular weight excluding hydrogens is 432 g/mol. The number of rotatable bonds is 6. The van der Waals surface area contributed by atoms with Gasteiger partial charge in [-0.05, 0) is 53.9 Å². The van der Waals surface area contributed by atoms with Crippen LogP contribution in [0.1, 0.15) is 56.1 Å². The number of ether oxygens (including phenoxy) is 1. The Morgan fingerprint density at radius 3 is 2.24 bits per heavy atom. The highest BCUT2D eigenvalue weighted by atomic mass is 16.5. The van der Waals surface area contributed by atoms with Gasteiger partial charge in [-0.1, -0.05) is 55.5 Å². The zero-order valence-electron chi connectivity index (χ0n) is 19.3. The molecule has 0 bridgehead atoms. The van der Waals surface area contributed by atoms with E-state index in [4.69, 9.17) is 4.74 Å². The van der Waals surface area contributed by atoms with E-state index in [9.17, 15) is 19.5 Å². The normalized spacial score (nSPS) is 22.4. The van der Waals surface area contributed by atoms with Gasteiger partial charge in [-0.15, -0.1) is 0 Å². The number of carboxylic acid groups (broad SMARTS) is 1. The molecule has 1 saturated heterocycles. The van der Waals surface area contributed by atoms with Gasteiger partial charge >= 0.3 is 12.1 Å². The molecule has 2 N–H and O–H groups in total. The van der Waals surface area contributed by atoms with Crippen molar-refractivity contribution in [1.29, 1.82) is 0 Å². The van der Waals surface area contributed by atoms with E-state index in [-0.39, 0.29) is 30.8 Å². The molecule has 34 heavy (non-hydrogen) atoms. The van der Waals surface area contributed by atoms with Crippen LogP contribution in [0.25, 0.3) is 11.1 Å². The van der Waals surface area contributed by atoms with Crippen LogP contribution in [0.5, 0.6) is 0 Å². The van der Waals surface area contributed by atoms with Crippen molar-refractivity contribution in [1.82, 2.24) is 10.2 Å². The minimum atomic E-state index is -0.967. The Balaban J connectivity index is 1.23. The fraction of sp³-hybridized carbons (Fsp3) is 0.444. The van der Waals surface area contributed by atoms with E-state index in [2.05, 4.69) is 29.6 Å². The maximum Gasteiger partial charge on any atom is 0.407 e. The number of carbonyl (C=O) groups excluding carboxylic acids is 2. The fourth-order valence-corrected chi connectivity index (χ4v) is 5.79. The van der Waals surface area contributed by atoms with Crippen molar-refractivity contribution < 1.29 is 24.2 Å². The van der Waals surface area contributed by atoms with Crippen molar-refractivity contribution in [2.24, 2.45) is 5.92 Å². The van der Waals surface area contributed by atoms with E-state index in [1.807, 2.05) is 31.2 Å². The van der Waals surface area contributed by atoms with Gasteiger partial charge < -0.3 is 20.1 Å². The molecule has 2 unspecified atom stereocenters. The van der Waals surface area contributed by atoms with Crippen LogP contribution < -0.4 is 5.32 Å². The molecule has 1 aliphatic heterocycles. The second-order valence-corrected chi connectivity index (χ2v) is 9.90. The largest absolute Gasteiger partial charge is 0.480 e. The van der Waals surface area contributed by atoms with Crippen LogP contribution in [-0.2, 0) is 14.3 Å². The molecule has 1 saturated carbocycles. The Labute approximate surface area is 199 Å². The van der Waals surface area contributed by atoms with Crippen LogP contribution in [0.3, 0.4) is 0 Å². The first-order valence-electron chi connectivity index (χ1n) is 12.0. The van der Waals surface area contributed by atoms with Gasteiger partial charge in [0, 0.05) is 12.5 Å². The van der Waals surface area contributed by atoms with Crippen LogP contribution in [0.4, 0.5) is 4.79 Å². The van der Waals surface area contributed by atoms with E-state index in [0.29, 0.717) is 25.8 Å². The molecule has 0 radical (unpaired) electrons. The van der Waals surface area contributed by atoms with Gasteiger partial charge in [-0.3, -0.25) is 4.79 Å². The van der Waals surface area contributed by atoms with E-state index in [1.165, 1.54) is 16.0 Å². The Kier molecular flexibility index (Phi) is 5.80. The number of carboxylic acids is 1. The van der Waals surface area contributed by atoms with Crippen molar-refractivity contribution in [2.45, 2.75) is 56.5 Å². The Morgan fingerprint density at radius 2 is 1.68 bits per heavy atom. The maximum absolute atomic E-state index is 13.0. The monoisotopic (exact) mass is 462 g/mol. The molecule has 1 heterocycles. The lowest BCUT2D eigenvalue weighted by Crippen LogP contribution is -2.57. The number of nitrogens with zero attached hydrogens (tertiary/aromatic N) is 1. The molecule has 2 fully saturated rings. The van der Waals surface area contributed by atoms with Gasteiger partial charge in [0.1, 0.15) is 12.6 Å². The minimum absolute atomic E-state index is 0.0282. The number of likely N-dealkylation sites (tertiary alicyclic amines) is 1. The van der Waals surface area contributed by atoms with Gasteiger partial charge in [0.05, 0.1) is 12.0 Å². The third kappa shape index (κ3) is 3.93. The van der Waals surface area contributed by atoms with Gasteiger partial charge in [0.25, 0.3) is 0 Å². The van der Waals surface area contributed by atoms with Crippen molar-refractivity contribution in [3.05, 3.63) is 59.7 Å². The number of carbonyl (C=O) groups is 3. The number of hydrogen-bond donors (Lipinski definition) is 2.